The van der Waals surface area contributed by atoms with Crippen molar-refractivity contribution < 1.29 is 0 Å². The minimum Gasteiger partial charge on any atom is -0.383 e. The molecule has 2 atom stereocenters. The van der Waals surface area contributed by atoms with Crippen LogP contribution in [0.15, 0.2) is 10.7 Å². The summed E-state index contributed by atoms with van der Waals surface area (Å²) in [5.74, 6) is 1.13. The Balaban J connectivity index is 2.19. The van der Waals surface area contributed by atoms with Crippen molar-refractivity contribution in [1.82, 2.24) is 14.6 Å². The van der Waals surface area contributed by atoms with Gasteiger partial charge in [0.05, 0.1) is 16.4 Å². The van der Waals surface area contributed by atoms with Crippen LogP contribution in [0, 0.1) is 0 Å². The van der Waals surface area contributed by atoms with E-state index < -0.39 is 0 Å². The summed E-state index contributed by atoms with van der Waals surface area (Å²) in [5.41, 5.74) is 15.3. The van der Waals surface area contributed by atoms with E-state index in [4.69, 9.17) is 16.5 Å². The summed E-state index contributed by atoms with van der Waals surface area (Å²) in [4.78, 5) is 4.80. The third kappa shape index (κ3) is 2.03. The Hall–Kier alpha value is -1.14. The molecule has 0 saturated heterocycles. The van der Waals surface area contributed by atoms with Crippen LogP contribution in [0.4, 0.5) is 5.82 Å². The fraction of sp³-hybridized carbons (Fsp3) is 0.538. The topological polar surface area (TPSA) is 82.2 Å². The van der Waals surface area contributed by atoms with Crippen molar-refractivity contribution in [2.75, 3.05) is 5.73 Å². The van der Waals surface area contributed by atoms with Gasteiger partial charge >= 0.3 is 0 Å². The van der Waals surface area contributed by atoms with Crippen LogP contribution in [-0.2, 0) is 6.42 Å². The highest BCUT2D eigenvalue weighted by Gasteiger charge is 2.28. The molecule has 102 valence electrons. The molecule has 1 aliphatic carbocycles. The van der Waals surface area contributed by atoms with E-state index in [0.717, 1.165) is 47.1 Å². The first kappa shape index (κ1) is 12.9. The fourth-order valence-corrected chi connectivity index (χ4v) is 3.35. The molecule has 2 aromatic heterocycles. The Morgan fingerprint density at radius 3 is 2.89 bits per heavy atom. The average Bonchev–Trinajstić information content (AvgIpc) is 2.97. The predicted octanol–water partition coefficient (Wildman–Crippen LogP) is 2.23. The molecule has 4 N–H and O–H groups in total. The molecule has 1 aliphatic rings. The van der Waals surface area contributed by atoms with Crippen molar-refractivity contribution in [3.8, 4) is 0 Å². The molecule has 1 unspecified atom stereocenters. The lowest BCUT2D eigenvalue weighted by molar-refractivity contribution is 0.654. The van der Waals surface area contributed by atoms with Gasteiger partial charge in [0.25, 0.3) is 0 Å². The molecule has 0 spiro atoms. The third-order valence-electron chi connectivity index (χ3n) is 3.99. The molecule has 2 aromatic rings. The van der Waals surface area contributed by atoms with Gasteiger partial charge in [0.1, 0.15) is 5.82 Å². The van der Waals surface area contributed by atoms with Crippen LogP contribution in [0.1, 0.15) is 43.4 Å². The van der Waals surface area contributed by atoms with Gasteiger partial charge in [-0.15, -0.1) is 0 Å². The number of nitrogens with zero attached hydrogens (tertiary/aromatic N) is 3. The first-order valence-corrected chi connectivity index (χ1v) is 7.48. The maximum Gasteiger partial charge on any atom is 0.171 e. The number of aromatic nitrogens is 3. The maximum atomic E-state index is 6.25. The number of nitrogens with two attached hydrogens (primary N) is 2. The van der Waals surface area contributed by atoms with Crippen molar-refractivity contribution in [3.05, 3.63) is 21.9 Å². The van der Waals surface area contributed by atoms with Gasteiger partial charge in [0.2, 0.25) is 0 Å². The van der Waals surface area contributed by atoms with Crippen molar-refractivity contribution >= 4 is 27.4 Å². The molecule has 0 bridgehead atoms. The standard InChI is InChI=1S/C13H18BrN5/c1-2-9-11(7-3-4-8(15)5-7)18-13-10(14)6-17-19(13)12(9)16/h6-8H,2-5,15-16H2,1H3/t7?,8-/m0/s1. The summed E-state index contributed by atoms with van der Waals surface area (Å²) in [5, 5.41) is 4.27. The lowest BCUT2D eigenvalue weighted by Gasteiger charge is -2.16. The number of hydrogen-bond acceptors (Lipinski definition) is 4. The van der Waals surface area contributed by atoms with Gasteiger partial charge in [-0.1, -0.05) is 6.92 Å². The Morgan fingerprint density at radius 1 is 1.47 bits per heavy atom. The molecule has 0 radical (unpaired) electrons. The fourth-order valence-electron chi connectivity index (χ4n) is 3.00. The van der Waals surface area contributed by atoms with Crippen molar-refractivity contribution in [1.29, 1.82) is 0 Å². The maximum absolute atomic E-state index is 6.25. The molecule has 0 amide bonds. The van der Waals surface area contributed by atoms with E-state index in [9.17, 15) is 0 Å². The number of fused-ring (bicyclic) bond motifs is 1. The zero-order valence-electron chi connectivity index (χ0n) is 10.9. The van der Waals surface area contributed by atoms with E-state index in [-0.39, 0.29) is 0 Å². The van der Waals surface area contributed by atoms with Crippen LogP contribution in [0.3, 0.4) is 0 Å². The molecular formula is C13H18BrN5. The lowest BCUT2D eigenvalue weighted by Crippen LogP contribution is -2.16. The third-order valence-corrected chi connectivity index (χ3v) is 4.55. The first-order chi connectivity index (χ1) is 9.11. The van der Waals surface area contributed by atoms with Crippen molar-refractivity contribution in [2.45, 2.75) is 44.6 Å². The van der Waals surface area contributed by atoms with Gasteiger partial charge in [0.15, 0.2) is 5.65 Å². The van der Waals surface area contributed by atoms with E-state index in [1.165, 1.54) is 0 Å². The quantitative estimate of drug-likeness (QED) is 0.887. The first-order valence-electron chi connectivity index (χ1n) is 6.68. The second-order valence-electron chi connectivity index (χ2n) is 5.21. The molecule has 1 saturated carbocycles. The largest absolute Gasteiger partial charge is 0.383 e. The lowest BCUT2D eigenvalue weighted by atomic mass is 9.97. The predicted molar refractivity (Wildman–Crippen MR) is 79.0 cm³/mol. The van der Waals surface area contributed by atoms with Crippen molar-refractivity contribution in [2.24, 2.45) is 5.73 Å². The Kier molecular flexibility index (Phi) is 3.22. The van der Waals surface area contributed by atoms with Crippen LogP contribution in [0.5, 0.6) is 0 Å². The Bertz CT molecular complexity index is 621. The summed E-state index contributed by atoms with van der Waals surface area (Å²) in [6.45, 7) is 2.11. The summed E-state index contributed by atoms with van der Waals surface area (Å²) >= 11 is 3.48. The van der Waals surface area contributed by atoms with Crippen molar-refractivity contribution in [3.63, 3.8) is 0 Å². The van der Waals surface area contributed by atoms with E-state index >= 15 is 0 Å². The number of anilines is 1. The number of hydrogen-bond donors (Lipinski definition) is 2. The smallest absolute Gasteiger partial charge is 0.171 e. The number of halogens is 1. The second kappa shape index (κ2) is 4.76. The van der Waals surface area contributed by atoms with Gasteiger partial charge in [-0.2, -0.15) is 9.61 Å². The zero-order chi connectivity index (χ0) is 13.6. The molecule has 19 heavy (non-hydrogen) atoms. The molecule has 3 rings (SSSR count). The highest BCUT2D eigenvalue weighted by atomic mass is 79.9. The highest BCUT2D eigenvalue weighted by Crippen LogP contribution is 2.37. The monoisotopic (exact) mass is 323 g/mol. The van der Waals surface area contributed by atoms with Gasteiger partial charge in [-0.3, -0.25) is 0 Å². The van der Waals surface area contributed by atoms with E-state index in [2.05, 4.69) is 28.0 Å². The summed E-state index contributed by atoms with van der Waals surface area (Å²) in [7, 11) is 0. The average molecular weight is 324 g/mol. The van der Waals surface area contributed by atoms with Crippen LogP contribution in [-0.4, -0.2) is 20.6 Å². The summed E-state index contributed by atoms with van der Waals surface area (Å²) in [6.07, 6.45) is 5.78. The summed E-state index contributed by atoms with van der Waals surface area (Å²) < 4.78 is 2.59. The van der Waals surface area contributed by atoms with E-state index in [1.54, 1.807) is 10.7 Å². The summed E-state index contributed by atoms with van der Waals surface area (Å²) in [6, 6.07) is 0.294. The minimum atomic E-state index is 0.294. The second-order valence-corrected chi connectivity index (χ2v) is 6.07. The van der Waals surface area contributed by atoms with E-state index in [0.29, 0.717) is 17.8 Å². The van der Waals surface area contributed by atoms with Crippen LogP contribution >= 0.6 is 15.9 Å². The molecule has 6 heteroatoms. The molecule has 5 nitrogen and oxygen atoms in total. The number of nitrogen functional groups attached to an aromatic ring is 1. The van der Waals surface area contributed by atoms with Crippen LogP contribution in [0.2, 0.25) is 0 Å². The zero-order valence-corrected chi connectivity index (χ0v) is 12.5. The molecular weight excluding hydrogens is 306 g/mol. The molecule has 2 heterocycles. The molecule has 1 fully saturated rings. The van der Waals surface area contributed by atoms with Crippen LogP contribution in [0.25, 0.3) is 5.65 Å². The van der Waals surface area contributed by atoms with E-state index in [1.807, 2.05) is 0 Å². The van der Waals surface area contributed by atoms with Gasteiger partial charge in [0, 0.05) is 17.5 Å². The van der Waals surface area contributed by atoms with Gasteiger partial charge < -0.3 is 11.5 Å². The number of rotatable bonds is 2. The normalized spacial score (nSPS) is 23.3. The highest BCUT2D eigenvalue weighted by molar-refractivity contribution is 9.10. The SMILES string of the molecule is CCc1c(C2CC[C@H](N)C2)nc2c(Br)cnn2c1N. The van der Waals surface area contributed by atoms with Gasteiger partial charge in [-0.25, -0.2) is 4.98 Å². The van der Waals surface area contributed by atoms with Crippen LogP contribution < -0.4 is 11.5 Å². The Morgan fingerprint density at radius 2 is 2.26 bits per heavy atom. The Labute approximate surface area is 120 Å². The molecule has 0 aliphatic heterocycles. The van der Waals surface area contributed by atoms with Gasteiger partial charge in [-0.05, 0) is 41.6 Å². The minimum absolute atomic E-state index is 0.294. The molecule has 0 aromatic carbocycles.